The van der Waals surface area contributed by atoms with Crippen molar-refractivity contribution in [1.82, 2.24) is 5.32 Å². The van der Waals surface area contributed by atoms with Crippen LogP contribution < -0.4 is 5.32 Å². The molecule has 1 atom stereocenters. The summed E-state index contributed by atoms with van der Waals surface area (Å²) in [7, 11) is 0. The van der Waals surface area contributed by atoms with Crippen LogP contribution in [0.3, 0.4) is 0 Å². The number of hydrogen-bond donors (Lipinski definition) is 1. The fourth-order valence-corrected chi connectivity index (χ4v) is 0.707. The Kier molecular flexibility index (Phi) is 5.11. The van der Waals surface area contributed by atoms with E-state index in [-0.39, 0.29) is 12.0 Å². The summed E-state index contributed by atoms with van der Waals surface area (Å²) >= 11 is 0. The number of hydrogen-bond acceptors (Lipinski definition) is 3. The molecule has 0 aromatic carbocycles. The number of ether oxygens (including phenoxy) is 1. The van der Waals surface area contributed by atoms with Crippen LogP contribution in [0, 0.1) is 5.92 Å². The second-order valence-electron chi connectivity index (χ2n) is 3.44. The molecule has 0 aliphatic rings. The third-order valence-corrected chi connectivity index (χ3v) is 1.41. The van der Waals surface area contributed by atoms with E-state index in [1.807, 2.05) is 13.8 Å². The van der Waals surface area contributed by atoms with E-state index >= 15 is 0 Å². The monoisotopic (exact) mass is 186 g/mol. The lowest BCUT2D eigenvalue weighted by Gasteiger charge is -2.16. The van der Waals surface area contributed by atoms with E-state index in [2.05, 4.69) is 5.32 Å². The van der Waals surface area contributed by atoms with Gasteiger partial charge < -0.3 is 10.1 Å². The minimum absolute atomic E-state index is 0.0252. The normalized spacial score (nSPS) is 12.8. The molecule has 0 fully saturated rings. The zero-order valence-corrected chi connectivity index (χ0v) is 8.46. The van der Waals surface area contributed by atoms with Crippen molar-refractivity contribution in [3.8, 4) is 0 Å². The van der Waals surface area contributed by atoms with Crippen molar-refractivity contribution in [2.75, 3.05) is 0 Å². The van der Waals surface area contributed by atoms with Crippen LogP contribution in [0.2, 0.25) is 0 Å². The van der Waals surface area contributed by atoms with Gasteiger partial charge in [0.1, 0.15) is 6.04 Å². The molecule has 0 saturated carbocycles. The van der Waals surface area contributed by atoms with Crippen LogP contribution in [0.4, 0.5) is 4.79 Å². The summed E-state index contributed by atoms with van der Waals surface area (Å²) in [4.78, 5) is 21.4. The fourth-order valence-electron chi connectivity index (χ4n) is 0.707. The standard InChI is InChI=1S/C9H16NO3/c1-6(2)8(5-11)10-9(12)13-7(3)4/h6-8H,1-4H3,(H,10,12)/t8-/m1/s1. The second-order valence-corrected chi connectivity index (χ2v) is 3.44. The number of carbonyl (C=O) groups is 1. The molecule has 0 saturated heterocycles. The van der Waals surface area contributed by atoms with Crippen LogP contribution >= 0.6 is 0 Å². The number of rotatable bonds is 4. The van der Waals surface area contributed by atoms with Gasteiger partial charge in [-0.3, -0.25) is 4.79 Å². The molecule has 4 heteroatoms. The molecule has 13 heavy (non-hydrogen) atoms. The molecule has 0 aromatic heterocycles. The summed E-state index contributed by atoms with van der Waals surface area (Å²) in [5, 5.41) is 2.41. The molecular formula is C9H16NO3. The first kappa shape index (κ1) is 11.9. The zero-order valence-electron chi connectivity index (χ0n) is 8.46. The zero-order chi connectivity index (χ0) is 10.4. The first-order valence-electron chi connectivity index (χ1n) is 4.32. The molecule has 0 aromatic rings. The highest BCUT2D eigenvalue weighted by molar-refractivity contribution is 5.73. The Labute approximate surface area is 78.6 Å². The van der Waals surface area contributed by atoms with Gasteiger partial charge >= 0.3 is 6.09 Å². The molecule has 0 rings (SSSR count). The molecule has 0 unspecified atom stereocenters. The van der Waals surface area contributed by atoms with Crippen molar-refractivity contribution in [2.45, 2.75) is 39.8 Å². The average Bonchev–Trinajstić information content (AvgIpc) is 1.98. The Morgan fingerprint density at radius 1 is 1.31 bits per heavy atom. The van der Waals surface area contributed by atoms with Crippen LogP contribution in [0.5, 0.6) is 0 Å². The van der Waals surface area contributed by atoms with Gasteiger partial charge in [-0.05, 0) is 19.8 Å². The van der Waals surface area contributed by atoms with E-state index in [4.69, 9.17) is 4.74 Å². The van der Waals surface area contributed by atoms with Gasteiger partial charge in [-0.1, -0.05) is 13.8 Å². The highest BCUT2D eigenvalue weighted by Gasteiger charge is 2.17. The van der Waals surface area contributed by atoms with Gasteiger partial charge in [0.15, 0.2) is 0 Å². The molecule has 0 heterocycles. The van der Waals surface area contributed by atoms with Gasteiger partial charge in [-0.15, -0.1) is 0 Å². The first-order chi connectivity index (χ1) is 5.97. The molecule has 0 bridgehead atoms. The third-order valence-electron chi connectivity index (χ3n) is 1.41. The number of nitrogens with one attached hydrogen (secondary N) is 1. The lowest BCUT2D eigenvalue weighted by atomic mass is 10.1. The van der Waals surface area contributed by atoms with E-state index in [1.54, 1.807) is 20.1 Å². The summed E-state index contributed by atoms with van der Waals surface area (Å²) in [6.45, 7) is 7.14. The van der Waals surface area contributed by atoms with Gasteiger partial charge in [-0.25, -0.2) is 4.79 Å². The van der Waals surface area contributed by atoms with E-state index in [0.29, 0.717) is 0 Å². The van der Waals surface area contributed by atoms with Gasteiger partial charge in [0, 0.05) is 0 Å². The van der Waals surface area contributed by atoms with E-state index in [9.17, 15) is 9.59 Å². The lowest BCUT2D eigenvalue weighted by molar-refractivity contribution is 0.112. The molecule has 1 N–H and O–H groups in total. The molecule has 4 nitrogen and oxygen atoms in total. The van der Waals surface area contributed by atoms with Gasteiger partial charge in [0.25, 0.3) is 0 Å². The van der Waals surface area contributed by atoms with Crippen molar-refractivity contribution in [3.63, 3.8) is 0 Å². The van der Waals surface area contributed by atoms with Crippen LogP contribution in [-0.4, -0.2) is 24.5 Å². The molecule has 75 valence electrons. The Morgan fingerprint density at radius 2 is 1.85 bits per heavy atom. The van der Waals surface area contributed by atoms with Crippen molar-refractivity contribution in [2.24, 2.45) is 5.92 Å². The molecular weight excluding hydrogens is 170 g/mol. The summed E-state index contributed by atoms with van der Waals surface area (Å²) in [5.41, 5.74) is 0. The predicted octanol–water partition coefficient (Wildman–Crippen LogP) is 1.26. The van der Waals surface area contributed by atoms with Crippen molar-refractivity contribution in [3.05, 3.63) is 0 Å². The third kappa shape index (κ3) is 5.22. The first-order valence-corrected chi connectivity index (χ1v) is 4.32. The average molecular weight is 186 g/mol. The highest BCUT2D eigenvalue weighted by Crippen LogP contribution is 1.99. The molecule has 0 aliphatic carbocycles. The summed E-state index contributed by atoms with van der Waals surface area (Å²) in [6.07, 6.45) is 0.990. The summed E-state index contributed by atoms with van der Waals surface area (Å²) in [6, 6.07) is -0.591. The fraction of sp³-hybridized carbons (Fsp3) is 0.778. The Morgan fingerprint density at radius 3 is 2.15 bits per heavy atom. The number of alkyl carbamates (subject to hydrolysis) is 1. The van der Waals surface area contributed by atoms with E-state index < -0.39 is 12.1 Å². The number of carbonyl (C=O) groups excluding carboxylic acids is 2. The Balaban J connectivity index is 3.94. The molecule has 0 spiro atoms. The maximum atomic E-state index is 11.0. The minimum atomic E-state index is -0.591. The van der Waals surface area contributed by atoms with Gasteiger partial charge in [0.05, 0.1) is 6.10 Å². The van der Waals surface area contributed by atoms with E-state index in [0.717, 1.165) is 0 Å². The smallest absolute Gasteiger partial charge is 0.407 e. The van der Waals surface area contributed by atoms with Crippen molar-refractivity contribution in [1.29, 1.82) is 0 Å². The quantitative estimate of drug-likeness (QED) is 0.719. The van der Waals surface area contributed by atoms with Crippen LogP contribution in [0.1, 0.15) is 27.7 Å². The van der Waals surface area contributed by atoms with Gasteiger partial charge in [-0.2, -0.15) is 0 Å². The summed E-state index contributed by atoms with van der Waals surface area (Å²) in [5.74, 6) is 0.0252. The summed E-state index contributed by atoms with van der Waals surface area (Å²) < 4.78 is 4.80. The maximum absolute atomic E-state index is 11.0. The highest BCUT2D eigenvalue weighted by atomic mass is 16.6. The molecule has 0 aliphatic heterocycles. The van der Waals surface area contributed by atoms with E-state index in [1.165, 1.54) is 0 Å². The Bertz CT molecular complexity index is 178. The number of amides is 1. The lowest BCUT2D eigenvalue weighted by Crippen LogP contribution is -2.40. The van der Waals surface area contributed by atoms with Crippen molar-refractivity contribution < 1.29 is 14.3 Å². The SMILES string of the molecule is CC(C)OC(=O)N[C@H]([C]=O)C(C)C. The topological polar surface area (TPSA) is 55.4 Å². The van der Waals surface area contributed by atoms with Crippen LogP contribution in [0.25, 0.3) is 0 Å². The van der Waals surface area contributed by atoms with Crippen LogP contribution in [0.15, 0.2) is 0 Å². The largest absolute Gasteiger partial charge is 0.447 e. The predicted molar refractivity (Wildman–Crippen MR) is 49.1 cm³/mol. The van der Waals surface area contributed by atoms with Crippen molar-refractivity contribution >= 4 is 12.4 Å². The molecule has 1 radical (unpaired) electrons. The van der Waals surface area contributed by atoms with Crippen LogP contribution in [-0.2, 0) is 9.53 Å². The Hall–Kier alpha value is -1.06. The second kappa shape index (κ2) is 5.56. The molecule has 1 amide bonds. The van der Waals surface area contributed by atoms with Gasteiger partial charge in [0.2, 0.25) is 6.29 Å². The maximum Gasteiger partial charge on any atom is 0.407 e. The minimum Gasteiger partial charge on any atom is -0.447 e.